The molecule has 20 heavy (non-hydrogen) atoms. The third-order valence-electron chi connectivity index (χ3n) is 2.74. The van der Waals surface area contributed by atoms with Crippen molar-refractivity contribution in [1.29, 1.82) is 0 Å². The Morgan fingerprint density at radius 1 is 1.40 bits per heavy atom. The highest BCUT2D eigenvalue weighted by Crippen LogP contribution is 2.28. The number of halogens is 2. The summed E-state index contributed by atoms with van der Waals surface area (Å²) in [7, 11) is 1.88. The Labute approximate surface area is 127 Å². The Morgan fingerprint density at radius 3 is 2.95 bits per heavy atom. The number of ether oxygens (including phenoxy) is 1. The Hall–Kier alpha value is -1.30. The van der Waals surface area contributed by atoms with Crippen LogP contribution in [0, 0.1) is 0 Å². The predicted octanol–water partition coefficient (Wildman–Crippen LogP) is 3.11. The number of rotatable bonds is 6. The van der Waals surface area contributed by atoms with E-state index in [-0.39, 0.29) is 12.6 Å². The molecule has 5 nitrogen and oxygen atoms in total. The molecule has 0 aliphatic rings. The summed E-state index contributed by atoms with van der Waals surface area (Å²) < 4.78 is 10.6. The lowest BCUT2D eigenvalue weighted by Crippen LogP contribution is -2.24. The molecule has 0 radical (unpaired) electrons. The molecule has 0 spiro atoms. The predicted molar refractivity (Wildman–Crippen MR) is 77.3 cm³/mol. The standard InChI is InChI=1S/C13H15Cl2N3O2/c1-8(16-2)5-12-17-13(20-18-12)7-19-11-6-9(14)3-4-10(11)15/h3-4,6,8,16H,5,7H2,1-2H3. The minimum Gasteiger partial charge on any atom is -0.482 e. The van der Waals surface area contributed by atoms with Crippen molar-refractivity contribution < 1.29 is 9.26 Å². The number of hydrogen-bond donors (Lipinski definition) is 1. The van der Waals surface area contributed by atoms with E-state index in [4.69, 9.17) is 32.5 Å². The minimum absolute atomic E-state index is 0.154. The van der Waals surface area contributed by atoms with Crippen LogP contribution in [0.3, 0.4) is 0 Å². The van der Waals surface area contributed by atoms with Crippen LogP contribution in [-0.2, 0) is 13.0 Å². The van der Waals surface area contributed by atoms with Crippen LogP contribution in [0.2, 0.25) is 10.0 Å². The largest absolute Gasteiger partial charge is 0.482 e. The zero-order valence-corrected chi connectivity index (χ0v) is 12.7. The van der Waals surface area contributed by atoms with Crippen molar-refractivity contribution in [3.63, 3.8) is 0 Å². The quantitative estimate of drug-likeness (QED) is 0.887. The van der Waals surface area contributed by atoms with Crippen molar-refractivity contribution in [2.24, 2.45) is 0 Å². The van der Waals surface area contributed by atoms with Crippen LogP contribution in [0.5, 0.6) is 5.75 Å². The van der Waals surface area contributed by atoms with Gasteiger partial charge in [-0.25, -0.2) is 0 Å². The lowest BCUT2D eigenvalue weighted by atomic mass is 10.2. The Balaban J connectivity index is 1.95. The summed E-state index contributed by atoms with van der Waals surface area (Å²) in [5.74, 6) is 1.53. The van der Waals surface area contributed by atoms with Crippen LogP contribution in [0.4, 0.5) is 0 Å². The highest BCUT2D eigenvalue weighted by Gasteiger charge is 2.11. The van der Waals surface area contributed by atoms with E-state index in [1.807, 2.05) is 14.0 Å². The monoisotopic (exact) mass is 315 g/mol. The molecule has 0 saturated heterocycles. The van der Waals surface area contributed by atoms with Crippen LogP contribution < -0.4 is 10.1 Å². The average molecular weight is 316 g/mol. The van der Waals surface area contributed by atoms with Gasteiger partial charge in [0, 0.05) is 23.6 Å². The molecular weight excluding hydrogens is 301 g/mol. The molecule has 0 aliphatic carbocycles. The summed E-state index contributed by atoms with van der Waals surface area (Å²) in [5, 5.41) is 8.04. The number of aromatic nitrogens is 2. The van der Waals surface area contributed by atoms with Crippen molar-refractivity contribution in [3.8, 4) is 5.75 Å². The van der Waals surface area contributed by atoms with Gasteiger partial charge in [-0.2, -0.15) is 4.98 Å². The normalized spacial score (nSPS) is 12.4. The topological polar surface area (TPSA) is 60.2 Å². The number of nitrogens with zero attached hydrogens (tertiary/aromatic N) is 2. The van der Waals surface area contributed by atoms with E-state index in [2.05, 4.69) is 15.5 Å². The molecule has 7 heteroatoms. The van der Waals surface area contributed by atoms with Gasteiger partial charge in [-0.3, -0.25) is 0 Å². The summed E-state index contributed by atoms with van der Waals surface area (Å²) in [6.07, 6.45) is 0.692. The smallest absolute Gasteiger partial charge is 0.264 e. The van der Waals surface area contributed by atoms with Crippen molar-refractivity contribution in [3.05, 3.63) is 40.0 Å². The third-order valence-corrected chi connectivity index (χ3v) is 3.28. The van der Waals surface area contributed by atoms with Gasteiger partial charge in [-0.15, -0.1) is 0 Å². The Bertz CT molecular complexity index is 574. The molecule has 2 aromatic rings. The lowest BCUT2D eigenvalue weighted by molar-refractivity contribution is 0.242. The van der Waals surface area contributed by atoms with Gasteiger partial charge < -0.3 is 14.6 Å². The first-order valence-corrected chi connectivity index (χ1v) is 6.90. The van der Waals surface area contributed by atoms with Crippen LogP contribution in [0.25, 0.3) is 0 Å². The lowest BCUT2D eigenvalue weighted by Gasteiger charge is -2.06. The fourth-order valence-corrected chi connectivity index (χ4v) is 1.87. The number of nitrogens with one attached hydrogen (secondary N) is 1. The molecule has 108 valence electrons. The molecule has 0 fully saturated rings. The van der Waals surface area contributed by atoms with Gasteiger partial charge >= 0.3 is 0 Å². The summed E-state index contributed by atoms with van der Waals surface area (Å²) >= 11 is 11.9. The van der Waals surface area contributed by atoms with Gasteiger partial charge in [0.05, 0.1) is 5.02 Å². The third kappa shape index (κ3) is 4.10. The number of likely N-dealkylation sites (N-methyl/N-ethyl adjacent to an activating group) is 1. The first-order chi connectivity index (χ1) is 9.58. The average Bonchev–Trinajstić information content (AvgIpc) is 2.87. The van der Waals surface area contributed by atoms with Crippen LogP contribution in [0.15, 0.2) is 22.7 Å². The molecule has 0 aliphatic heterocycles. The molecule has 1 N–H and O–H groups in total. The summed E-state index contributed by atoms with van der Waals surface area (Å²) in [4.78, 5) is 4.25. The second-order valence-electron chi connectivity index (χ2n) is 4.36. The summed E-state index contributed by atoms with van der Waals surface area (Å²) in [6.45, 7) is 2.19. The molecule has 1 aromatic carbocycles. The van der Waals surface area contributed by atoms with Gasteiger partial charge in [0.2, 0.25) is 0 Å². The molecule has 1 unspecified atom stereocenters. The highest BCUT2D eigenvalue weighted by atomic mass is 35.5. The Kier molecular flexibility index (Phi) is 5.23. The SMILES string of the molecule is CNC(C)Cc1noc(COc2cc(Cl)ccc2Cl)n1. The van der Waals surface area contributed by atoms with Crippen LogP contribution in [0.1, 0.15) is 18.6 Å². The first-order valence-electron chi connectivity index (χ1n) is 6.15. The van der Waals surface area contributed by atoms with Crippen LogP contribution in [-0.4, -0.2) is 23.2 Å². The molecule has 2 rings (SSSR count). The minimum atomic E-state index is 0.154. The van der Waals surface area contributed by atoms with Crippen molar-refractivity contribution in [2.75, 3.05) is 7.05 Å². The molecule has 1 heterocycles. The molecule has 0 saturated carbocycles. The van der Waals surface area contributed by atoms with Crippen molar-refractivity contribution in [2.45, 2.75) is 26.0 Å². The molecule has 1 aromatic heterocycles. The van der Waals surface area contributed by atoms with Gasteiger partial charge in [0.1, 0.15) is 5.75 Å². The van der Waals surface area contributed by atoms with Crippen molar-refractivity contribution >= 4 is 23.2 Å². The zero-order chi connectivity index (χ0) is 14.5. The zero-order valence-electron chi connectivity index (χ0n) is 11.2. The first kappa shape index (κ1) is 15.1. The molecule has 0 bridgehead atoms. The van der Waals surface area contributed by atoms with Gasteiger partial charge in [0.15, 0.2) is 12.4 Å². The maximum absolute atomic E-state index is 6.00. The molecule has 1 atom stereocenters. The fraction of sp³-hybridized carbons (Fsp3) is 0.385. The van der Waals surface area contributed by atoms with E-state index in [0.717, 1.165) is 0 Å². The van der Waals surface area contributed by atoms with Gasteiger partial charge in [0.25, 0.3) is 5.89 Å². The van der Waals surface area contributed by atoms with Gasteiger partial charge in [-0.1, -0.05) is 28.4 Å². The second-order valence-corrected chi connectivity index (χ2v) is 5.21. The van der Waals surface area contributed by atoms with E-state index < -0.39 is 0 Å². The highest BCUT2D eigenvalue weighted by molar-refractivity contribution is 6.34. The maximum Gasteiger partial charge on any atom is 0.264 e. The molecular formula is C13H15Cl2N3O2. The second kappa shape index (κ2) is 6.92. The summed E-state index contributed by atoms with van der Waals surface area (Å²) in [6, 6.07) is 5.29. The van der Waals surface area contributed by atoms with E-state index in [9.17, 15) is 0 Å². The van der Waals surface area contributed by atoms with E-state index >= 15 is 0 Å². The number of benzene rings is 1. The van der Waals surface area contributed by atoms with E-state index in [1.165, 1.54) is 0 Å². The van der Waals surface area contributed by atoms with E-state index in [0.29, 0.717) is 33.9 Å². The van der Waals surface area contributed by atoms with Gasteiger partial charge in [-0.05, 0) is 26.1 Å². The van der Waals surface area contributed by atoms with Crippen molar-refractivity contribution in [1.82, 2.24) is 15.5 Å². The van der Waals surface area contributed by atoms with Crippen LogP contribution >= 0.6 is 23.2 Å². The van der Waals surface area contributed by atoms with E-state index in [1.54, 1.807) is 18.2 Å². The molecule has 0 amide bonds. The summed E-state index contributed by atoms with van der Waals surface area (Å²) in [5.41, 5.74) is 0. The Morgan fingerprint density at radius 2 is 2.20 bits per heavy atom. The fourth-order valence-electron chi connectivity index (χ4n) is 1.53. The maximum atomic E-state index is 6.00. The number of hydrogen-bond acceptors (Lipinski definition) is 5.